The van der Waals surface area contributed by atoms with Crippen LogP contribution in [0.1, 0.15) is 30.3 Å². The third-order valence-corrected chi connectivity index (χ3v) is 3.57. The molecule has 0 bridgehead atoms. The Morgan fingerprint density at radius 2 is 2.05 bits per heavy atom. The summed E-state index contributed by atoms with van der Waals surface area (Å²) in [5.41, 5.74) is 1.21. The van der Waals surface area contributed by atoms with E-state index in [2.05, 4.69) is 20.1 Å². The van der Waals surface area contributed by atoms with E-state index in [0.717, 1.165) is 30.0 Å². The summed E-state index contributed by atoms with van der Waals surface area (Å²) in [6.07, 6.45) is 5.65. The largest absolute Gasteiger partial charge is 0.245 e. The van der Waals surface area contributed by atoms with Crippen molar-refractivity contribution in [2.45, 2.75) is 18.8 Å². The quantitative estimate of drug-likeness (QED) is 0.739. The lowest BCUT2D eigenvalue weighted by molar-refractivity contribution is 0.816. The van der Waals surface area contributed by atoms with E-state index in [0.29, 0.717) is 17.4 Å². The molecule has 0 unspecified atom stereocenters. The van der Waals surface area contributed by atoms with Crippen LogP contribution in [0.5, 0.6) is 0 Å². The second kappa shape index (κ2) is 5.04. The summed E-state index contributed by atoms with van der Waals surface area (Å²) in [6, 6.07) is 11.2. The van der Waals surface area contributed by atoms with Gasteiger partial charge in [0.25, 0.3) is 0 Å². The molecule has 3 aromatic heterocycles. The number of nitriles is 1. The fourth-order valence-corrected chi connectivity index (χ4v) is 2.26. The molecule has 4 rings (SSSR count). The van der Waals surface area contributed by atoms with E-state index in [1.165, 1.54) is 0 Å². The van der Waals surface area contributed by atoms with Gasteiger partial charge in [0.2, 0.25) is 0 Å². The first kappa shape index (κ1) is 12.7. The molecule has 3 aromatic rings. The van der Waals surface area contributed by atoms with Crippen molar-refractivity contribution in [3.63, 3.8) is 0 Å². The van der Waals surface area contributed by atoms with Gasteiger partial charge in [-0.05, 0) is 37.1 Å². The normalized spacial score (nSPS) is 13.8. The van der Waals surface area contributed by atoms with Gasteiger partial charge >= 0.3 is 0 Å². The average molecular weight is 288 g/mol. The maximum atomic E-state index is 8.86. The van der Waals surface area contributed by atoms with Gasteiger partial charge in [-0.1, -0.05) is 6.07 Å². The Labute approximate surface area is 127 Å². The molecule has 1 saturated carbocycles. The fraction of sp³-hybridized carbons (Fsp3) is 0.188. The smallest absolute Gasteiger partial charge is 0.166 e. The van der Waals surface area contributed by atoms with Gasteiger partial charge < -0.3 is 0 Å². The van der Waals surface area contributed by atoms with Gasteiger partial charge in [0.1, 0.15) is 11.8 Å². The molecule has 0 spiro atoms. The molecule has 22 heavy (non-hydrogen) atoms. The number of aromatic nitrogens is 5. The van der Waals surface area contributed by atoms with E-state index >= 15 is 0 Å². The minimum atomic E-state index is 0.384. The van der Waals surface area contributed by atoms with Gasteiger partial charge in [0.05, 0.1) is 0 Å². The van der Waals surface area contributed by atoms with Crippen molar-refractivity contribution in [3.05, 3.63) is 54.2 Å². The van der Waals surface area contributed by atoms with E-state index in [9.17, 15) is 0 Å². The lowest BCUT2D eigenvalue weighted by atomic mass is 10.2. The van der Waals surface area contributed by atoms with Crippen molar-refractivity contribution in [1.82, 2.24) is 24.7 Å². The Balaban J connectivity index is 1.84. The fourth-order valence-electron chi connectivity index (χ4n) is 2.26. The highest BCUT2D eigenvalue weighted by Crippen LogP contribution is 2.39. The molecule has 0 radical (unpaired) electrons. The van der Waals surface area contributed by atoms with Crippen LogP contribution >= 0.6 is 0 Å². The molecule has 106 valence electrons. The molecular weight excluding hydrogens is 276 g/mol. The average Bonchev–Trinajstić information content (AvgIpc) is 3.34. The minimum absolute atomic E-state index is 0.384. The van der Waals surface area contributed by atoms with Gasteiger partial charge in [-0.2, -0.15) is 9.94 Å². The third-order valence-electron chi connectivity index (χ3n) is 3.57. The highest BCUT2D eigenvalue weighted by Gasteiger charge is 2.29. The van der Waals surface area contributed by atoms with Crippen LogP contribution < -0.4 is 0 Å². The molecule has 6 heteroatoms. The zero-order valence-electron chi connectivity index (χ0n) is 11.7. The first-order chi connectivity index (χ1) is 10.8. The van der Waals surface area contributed by atoms with Crippen molar-refractivity contribution in [3.8, 4) is 23.3 Å². The molecule has 6 nitrogen and oxygen atoms in total. The summed E-state index contributed by atoms with van der Waals surface area (Å²) < 4.78 is 1.75. The van der Waals surface area contributed by atoms with E-state index in [-0.39, 0.29) is 0 Å². The minimum Gasteiger partial charge on any atom is -0.245 e. The van der Waals surface area contributed by atoms with Crippen LogP contribution in [0, 0.1) is 11.3 Å². The Morgan fingerprint density at radius 1 is 1.14 bits per heavy atom. The second-order valence-electron chi connectivity index (χ2n) is 5.21. The molecule has 3 heterocycles. The molecule has 0 saturated heterocycles. The van der Waals surface area contributed by atoms with Crippen molar-refractivity contribution in [2.24, 2.45) is 0 Å². The zero-order valence-corrected chi connectivity index (χ0v) is 11.7. The van der Waals surface area contributed by atoms with Crippen LogP contribution in [0.25, 0.3) is 17.2 Å². The van der Waals surface area contributed by atoms with Gasteiger partial charge in [-0.25, -0.2) is 15.0 Å². The van der Waals surface area contributed by atoms with Crippen molar-refractivity contribution in [1.29, 1.82) is 5.26 Å². The lowest BCUT2D eigenvalue weighted by Gasteiger charge is -2.04. The van der Waals surface area contributed by atoms with Crippen molar-refractivity contribution >= 4 is 0 Å². The first-order valence-electron chi connectivity index (χ1n) is 7.10. The van der Waals surface area contributed by atoms with Crippen LogP contribution in [0.2, 0.25) is 0 Å². The maximum absolute atomic E-state index is 8.86. The lowest BCUT2D eigenvalue weighted by Crippen LogP contribution is -2.02. The monoisotopic (exact) mass is 288 g/mol. The molecule has 1 fully saturated rings. The number of pyridine rings is 2. The Bertz CT molecular complexity index is 841. The van der Waals surface area contributed by atoms with Gasteiger partial charge in [-0.15, -0.1) is 5.10 Å². The Morgan fingerprint density at radius 3 is 2.68 bits per heavy atom. The SMILES string of the molecule is N#Cc1ccc(-c2nc(C3CC3)nn2-c2ccccn2)cn1. The van der Waals surface area contributed by atoms with E-state index in [1.807, 2.05) is 30.3 Å². The van der Waals surface area contributed by atoms with E-state index < -0.39 is 0 Å². The number of nitrogens with zero attached hydrogens (tertiary/aromatic N) is 6. The van der Waals surface area contributed by atoms with Crippen LogP contribution in [0.4, 0.5) is 0 Å². The summed E-state index contributed by atoms with van der Waals surface area (Å²) in [7, 11) is 0. The van der Waals surface area contributed by atoms with E-state index in [4.69, 9.17) is 5.26 Å². The molecular formula is C16H12N6. The summed E-state index contributed by atoms with van der Waals surface area (Å²) in [4.78, 5) is 13.1. The number of hydrogen-bond donors (Lipinski definition) is 0. The molecule has 0 aliphatic heterocycles. The van der Waals surface area contributed by atoms with Gasteiger partial charge in [0, 0.05) is 23.9 Å². The molecule has 1 aliphatic carbocycles. The predicted octanol–water partition coefficient (Wildman–Crippen LogP) is 2.47. The summed E-state index contributed by atoms with van der Waals surface area (Å²) in [6.45, 7) is 0. The first-order valence-corrected chi connectivity index (χ1v) is 7.10. The van der Waals surface area contributed by atoms with Crippen LogP contribution in [0.15, 0.2) is 42.7 Å². The zero-order chi connectivity index (χ0) is 14.9. The Kier molecular flexibility index (Phi) is 2.90. The van der Waals surface area contributed by atoms with Gasteiger partial charge in [-0.3, -0.25) is 0 Å². The number of hydrogen-bond acceptors (Lipinski definition) is 5. The maximum Gasteiger partial charge on any atom is 0.166 e. The Hall–Kier alpha value is -3.07. The third kappa shape index (κ3) is 2.23. The summed E-state index contributed by atoms with van der Waals surface area (Å²) in [5, 5.41) is 13.5. The predicted molar refractivity (Wildman–Crippen MR) is 79.1 cm³/mol. The summed E-state index contributed by atoms with van der Waals surface area (Å²) in [5.74, 6) is 2.74. The topological polar surface area (TPSA) is 80.3 Å². The number of rotatable bonds is 3. The standard InChI is InChI=1S/C16H12N6/c17-9-13-7-6-12(10-19-13)16-20-15(11-4-5-11)21-22(16)14-3-1-2-8-18-14/h1-3,6-8,10-11H,4-5H2. The van der Waals surface area contributed by atoms with Gasteiger partial charge in [0.15, 0.2) is 17.5 Å². The summed E-state index contributed by atoms with van der Waals surface area (Å²) >= 11 is 0. The van der Waals surface area contributed by atoms with Crippen LogP contribution in [0.3, 0.4) is 0 Å². The van der Waals surface area contributed by atoms with Crippen molar-refractivity contribution < 1.29 is 0 Å². The molecule has 0 atom stereocenters. The highest BCUT2D eigenvalue weighted by molar-refractivity contribution is 5.57. The van der Waals surface area contributed by atoms with Crippen molar-refractivity contribution in [2.75, 3.05) is 0 Å². The molecule has 0 aromatic carbocycles. The second-order valence-corrected chi connectivity index (χ2v) is 5.21. The molecule has 0 amide bonds. The van der Waals surface area contributed by atoms with Crippen LogP contribution in [-0.4, -0.2) is 24.7 Å². The van der Waals surface area contributed by atoms with Crippen LogP contribution in [-0.2, 0) is 0 Å². The highest BCUT2D eigenvalue weighted by atomic mass is 15.4. The van der Waals surface area contributed by atoms with E-state index in [1.54, 1.807) is 23.1 Å². The molecule has 0 N–H and O–H groups in total. The molecule has 1 aliphatic rings.